The molecule has 1 aliphatic carbocycles. The highest BCUT2D eigenvalue weighted by Crippen LogP contribution is 2.42. The third kappa shape index (κ3) is 6.29. The van der Waals surface area contributed by atoms with Gasteiger partial charge in [-0.1, -0.05) is 72.8 Å². The molecular formula is C28H34O2. The predicted octanol–water partition coefficient (Wildman–Crippen LogP) is 7.02. The van der Waals surface area contributed by atoms with E-state index in [1.807, 2.05) is 0 Å². The van der Waals surface area contributed by atoms with E-state index in [1.165, 1.54) is 33.4 Å². The Kier molecular flexibility index (Phi) is 8.24. The average molecular weight is 403 g/mol. The topological polar surface area (TPSA) is 18.5 Å². The molecule has 2 aromatic carbocycles. The molecule has 0 spiro atoms. The Balaban J connectivity index is 1.34. The zero-order valence-electron chi connectivity index (χ0n) is 18.5. The number of rotatable bonds is 12. The highest BCUT2D eigenvalue weighted by Gasteiger charge is 2.24. The molecule has 0 amide bonds. The average Bonchev–Trinajstić information content (AvgIpc) is 2.76. The third-order valence-corrected chi connectivity index (χ3v) is 5.67. The molecule has 0 saturated carbocycles. The fraction of sp³-hybridized carbons (Fsp3) is 0.357. The lowest BCUT2D eigenvalue weighted by Crippen LogP contribution is -2.13. The van der Waals surface area contributed by atoms with Crippen molar-refractivity contribution >= 4 is 0 Å². The first-order valence-corrected chi connectivity index (χ1v) is 10.9. The minimum Gasteiger partial charge on any atom is -0.377 e. The summed E-state index contributed by atoms with van der Waals surface area (Å²) >= 11 is 0. The molecule has 0 bridgehead atoms. The first-order valence-electron chi connectivity index (χ1n) is 10.9. The maximum atomic E-state index is 5.84. The molecular weight excluding hydrogens is 368 g/mol. The monoisotopic (exact) mass is 402 g/mol. The van der Waals surface area contributed by atoms with E-state index in [-0.39, 0.29) is 0 Å². The van der Waals surface area contributed by atoms with Crippen LogP contribution >= 0.6 is 0 Å². The lowest BCUT2D eigenvalue weighted by molar-refractivity contribution is 0.117. The van der Waals surface area contributed by atoms with Crippen molar-refractivity contribution in [2.75, 3.05) is 13.2 Å². The van der Waals surface area contributed by atoms with Crippen molar-refractivity contribution in [2.24, 2.45) is 0 Å². The van der Waals surface area contributed by atoms with Crippen LogP contribution in [0, 0.1) is 13.8 Å². The minimum atomic E-state index is 0.679. The van der Waals surface area contributed by atoms with E-state index in [2.05, 4.69) is 75.5 Å². The van der Waals surface area contributed by atoms with Crippen molar-refractivity contribution in [1.82, 2.24) is 0 Å². The van der Waals surface area contributed by atoms with Crippen LogP contribution in [0.4, 0.5) is 0 Å². The summed E-state index contributed by atoms with van der Waals surface area (Å²) < 4.78 is 11.7. The van der Waals surface area contributed by atoms with Crippen LogP contribution < -0.4 is 0 Å². The number of hydrogen-bond acceptors (Lipinski definition) is 2. The molecule has 0 N–H and O–H groups in total. The lowest BCUT2D eigenvalue weighted by atomic mass is 9.75. The van der Waals surface area contributed by atoms with E-state index in [1.54, 1.807) is 0 Å². The van der Waals surface area contributed by atoms with E-state index in [9.17, 15) is 0 Å². The molecule has 0 atom stereocenters. The summed E-state index contributed by atoms with van der Waals surface area (Å²) in [6, 6.07) is 17.1. The van der Waals surface area contributed by atoms with Crippen molar-refractivity contribution in [1.29, 1.82) is 0 Å². The summed E-state index contributed by atoms with van der Waals surface area (Å²) in [5, 5.41) is 0. The van der Waals surface area contributed by atoms with Gasteiger partial charge >= 0.3 is 0 Å². The molecule has 0 aliphatic heterocycles. The van der Waals surface area contributed by atoms with E-state index in [0.717, 1.165) is 50.0 Å². The molecule has 2 heteroatoms. The fourth-order valence-corrected chi connectivity index (χ4v) is 3.72. The van der Waals surface area contributed by atoms with Crippen LogP contribution in [0.3, 0.4) is 0 Å². The summed E-state index contributed by atoms with van der Waals surface area (Å²) in [6.45, 7) is 15.5. The molecule has 0 fully saturated rings. The second-order valence-electron chi connectivity index (χ2n) is 8.20. The van der Waals surface area contributed by atoms with Gasteiger partial charge in [-0.3, -0.25) is 0 Å². The highest BCUT2D eigenvalue weighted by atomic mass is 16.5. The molecule has 0 heterocycles. The van der Waals surface area contributed by atoms with Crippen LogP contribution in [0.2, 0.25) is 0 Å². The van der Waals surface area contributed by atoms with Crippen molar-refractivity contribution in [3.05, 3.63) is 106 Å². The summed E-state index contributed by atoms with van der Waals surface area (Å²) in [7, 11) is 0. The van der Waals surface area contributed by atoms with E-state index < -0.39 is 0 Å². The molecule has 0 radical (unpaired) electrons. The number of benzene rings is 2. The maximum Gasteiger partial charge on any atom is 0.0716 e. The van der Waals surface area contributed by atoms with Gasteiger partial charge in [-0.2, -0.15) is 0 Å². The Morgan fingerprint density at radius 2 is 0.967 bits per heavy atom. The summed E-state index contributed by atoms with van der Waals surface area (Å²) in [4.78, 5) is 0. The molecule has 2 nitrogen and oxygen atoms in total. The van der Waals surface area contributed by atoms with Gasteiger partial charge in [0.1, 0.15) is 0 Å². The summed E-state index contributed by atoms with van der Waals surface area (Å²) in [5.41, 5.74) is 10.0. The van der Waals surface area contributed by atoms with Crippen molar-refractivity contribution < 1.29 is 9.47 Å². The number of hydrogen-bond donors (Lipinski definition) is 0. The lowest BCUT2D eigenvalue weighted by Gasteiger charge is -2.30. The van der Waals surface area contributed by atoms with E-state index in [4.69, 9.17) is 9.47 Å². The molecule has 3 rings (SSSR count). The smallest absolute Gasteiger partial charge is 0.0716 e. The Morgan fingerprint density at radius 1 is 0.600 bits per heavy atom. The fourth-order valence-electron chi connectivity index (χ4n) is 3.72. The SMILES string of the molecule is C=C1C(=C)C(CCCOCc2ccc(C)cc2)=C1CCCOCc1ccc(C)cc1. The number of allylic oxidation sites excluding steroid dienone is 4. The summed E-state index contributed by atoms with van der Waals surface area (Å²) in [6.07, 6.45) is 4.07. The minimum absolute atomic E-state index is 0.679. The Bertz CT molecular complexity index is 810. The first-order chi connectivity index (χ1) is 14.5. The predicted molar refractivity (Wildman–Crippen MR) is 125 cm³/mol. The Morgan fingerprint density at radius 3 is 1.33 bits per heavy atom. The Labute approximate surface area is 181 Å². The molecule has 158 valence electrons. The van der Waals surface area contributed by atoms with Gasteiger partial charge in [-0.15, -0.1) is 0 Å². The largest absolute Gasteiger partial charge is 0.377 e. The van der Waals surface area contributed by atoms with Crippen LogP contribution in [0.15, 0.2) is 84.0 Å². The highest BCUT2D eigenvalue weighted by molar-refractivity contribution is 5.67. The van der Waals surface area contributed by atoms with Crippen molar-refractivity contribution in [2.45, 2.75) is 52.7 Å². The van der Waals surface area contributed by atoms with Gasteiger partial charge in [0.2, 0.25) is 0 Å². The molecule has 2 aromatic rings. The van der Waals surface area contributed by atoms with Gasteiger partial charge in [0.15, 0.2) is 0 Å². The molecule has 0 saturated heterocycles. The van der Waals surface area contributed by atoms with Crippen molar-refractivity contribution in [3.8, 4) is 0 Å². The quantitative estimate of drug-likeness (QED) is 0.355. The van der Waals surface area contributed by atoms with Crippen LogP contribution in [0.25, 0.3) is 0 Å². The third-order valence-electron chi connectivity index (χ3n) is 5.67. The van der Waals surface area contributed by atoms with Crippen LogP contribution in [-0.2, 0) is 22.7 Å². The maximum absolute atomic E-state index is 5.84. The second kappa shape index (κ2) is 11.1. The van der Waals surface area contributed by atoms with Crippen LogP contribution in [-0.4, -0.2) is 13.2 Å². The van der Waals surface area contributed by atoms with Crippen LogP contribution in [0.5, 0.6) is 0 Å². The van der Waals surface area contributed by atoms with Crippen LogP contribution in [0.1, 0.15) is 47.9 Å². The van der Waals surface area contributed by atoms with Gasteiger partial charge in [0.25, 0.3) is 0 Å². The van der Waals surface area contributed by atoms with Crippen molar-refractivity contribution in [3.63, 3.8) is 0 Å². The zero-order valence-corrected chi connectivity index (χ0v) is 18.5. The number of ether oxygens (including phenoxy) is 2. The standard InChI is InChI=1S/C28H34O2/c1-21-9-13-25(14-10-21)19-29-17-5-7-27-23(3)24(4)28(27)8-6-18-30-20-26-15-11-22(2)12-16-26/h9-16H,3-8,17-20H2,1-2H3. The molecule has 1 aliphatic rings. The van der Waals surface area contributed by atoms with E-state index >= 15 is 0 Å². The summed E-state index contributed by atoms with van der Waals surface area (Å²) in [5.74, 6) is 0. The molecule has 0 aromatic heterocycles. The zero-order chi connectivity index (χ0) is 21.3. The van der Waals surface area contributed by atoms with Gasteiger partial charge in [0, 0.05) is 13.2 Å². The number of aryl methyl sites for hydroxylation is 2. The normalized spacial score (nSPS) is 13.7. The first kappa shape index (κ1) is 22.3. The molecule has 0 unspecified atom stereocenters. The Hall–Kier alpha value is -2.42. The second-order valence-corrected chi connectivity index (χ2v) is 8.20. The van der Waals surface area contributed by atoms with Gasteiger partial charge in [-0.25, -0.2) is 0 Å². The van der Waals surface area contributed by atoms with Gasteiger partial charge < -0.3 is 9.47 Å². The van der Waals surface area contributed by atoms with Gasteiger partial charge in [0.05, 0.1) is 13.2 Å². The van der Waals surface area contributed by atoms with Gasteiger partial charge in [-0.05, 0) is 73.0 Å². The van der Waals surface area contributed by atoms with E-state index in [0.29, 0.717) is 13.2 Å². The molecule has 30 heavy (non-hydrogen) atoms.